The quantitative estimate of drug-likeness (QED) is 0.119. The molecule has 1 amide bonds. The molecule has 9 nitrogen and oxygen atoms in total. The summed E-state index contributed by atoms with van der Waals surface area (Å²) in [6.07, 6.45) is -2.67. The first-order valence-corrected chi connectivity index (χ1v) is 15.7. The van der Waals surface area contributed by atoms with E-state index in [0.717, 1.165) is 33.7 Å². The number of hydrazone groups is 1. The summed E-state index contributed by atoms with van der Waals surface area (Å²) in [7, 11) is 0. The lowest BCUT2D eigenvalue weighted by molar-refractivity contribution is -0.274. The molecule has 46 heavy (non-hydrogen) atoms. The number of anilines is 1. The minimum atomic E-state index is -4.76. The van der Waals surface area contributed by atoms with E-state index >= 15 is 0 Å². The molecule has 0 radical (unpaired) electrons. The first-order chi connectivity index (χ1) is 21.9. The van der Waals surface area contributed by atoms with Crippen molar-refractivity contribution in [2.45, 2.75) is 46.4 Å². The van der Waals surface area contributed by atoms with Gasteiger partial charge >= 0.3 is 6.36 Å². The lowest BCUT2D eigenvalue weighted by Crippen LogP contribution is -2.31. The standard InChI is InChI=1S/C32H30F3N7O2S2/c1-5-26(38-39-30(45)37-31-42(28(43)17-46-31)27-16-20(4)6-15-25(27)19(2)3)21-7-9-22(10-8-21)29-36-18-41(40-29)23-11-13-24(14-12-23)44-32(33,34)35/h6-16,18-19H,5,17H2,1-4H3,(H,39,45)/b37-31-,38-26+. The number of benzene rings is 3. The predicted molar refractivity (Wildman–Crippen MR) is 179 cm³/mol. The molecule has 1 fully saturated rings. The number of rotatable bonds is 8. The summed E-state index contributed by atoms with van der Waals surface area (Å²) in [5.41, 5.74) is 8.63. The number of aromatic nitrogens is 3. The van der Waals surface area contributed by atoms with E-state index in [-0.39, 0.29) is 28.4 Å². The van der Waals surface area contributed by atoms with Crippen LogP contribution in [0, 0.1) is 6.92 Å². The number of carbonyl (C=O) groups excluding carboxylic acids is 1. The lowest BCUT2D eigenvalue weighted by atomic mass is 9.99. The topological polar surface area (TPSA) is 97.0 Å². The molecule has 1 aliphatic heterocycles. The molecule has 1 saturated heterocycles. The minimum absolute atomic E-state index is 0.0512. The number of nitrogens with zero attached hydrogens (tertiary/aromatic N) is 6. The van der Waals surface area contributed by atoms with Crippen molar-refractivity contribution >= 4 is 51.6 Å². The van der Waals surface area contributed by atoms with Crippen molar-refractivity contribution < 1.29 is 22.7 Å². The number of ether oxygens (including phenoxy) is 1. The Balaban J connectivity index is 1.27. The van der Waals surface area contributed by atoms with Crippen LogP contribution in [0.3, 0.4) is 0 Å². The minimum Gasteiger partial charge on any atom is -0.406 e. The highest BCUT2D eigenvalue weighted by Gasteiger charge is 2.32. The summed E-state index contributed by atoms with van der Waals surface area (Å²) in [4.78, 5) is 23.4. The first-order valence-electron chi connectivity index (χ1n) is 14.3. The van der Waals surface area contributed by atoms with Crippen molar-refractivity contribution in [1.82, 2.24) is 20.2 Å². The van der Waals surface area contributed by atoms with Crippen molar-refractivity contribution in [3.8, 4) is 22.8 Å². The normalized spacial score (nSPS) is 14.8. The largest absolute Gasteiger partial charge is 0.573 e. The molecule has 14 heteroatoms. The Labute approximate surface area is 273 Å². The van der Waals surface area contributed by atoms with E-state index in [1.807, 2.05) is 56.3 Å². The second-order valence-electron chi connectivity index (χ2n) is 10.6. The van der Waals surface area contributed by atoms with Gasteiger partial charge < -0.3 is 4.74 Å². The third-order valence-corrected chi connectivity index (χ3v) is 8.04. The maximum absolute atomic E-state index is 12.9. The van der Waals surface area contributed by atoms with Gasteiger partial charge in [0.25, 0.3) is 0 Å². The number of amidine groups is 1. The molecule has 5 rings (SSSR count). The van der Waals surface area contributed by atoms with Gasteiger partial charge in [-0.05, 0) is 78.5 Å². The van der Waals surface area contributed by atoms with Crippen LogP contribution in [-0.2, 0) is 4.79 Å². The van der Waals surface area contributed by atoms with E-state index < -0.39 is 6.36 Å². The number of aryl methyl sites for hydroxylation is 1. The van der Waals surface area contributed by atoms with Crippen LogP contribution in [0.4, 0.5) is 18.9 Å². The molecule has 4 aromatic rings. The summed E-state index contributed by atoms with van der Waals surface area (Å²) >= 11 is 6.82. The Kier molecular flexibility index (Phi) is 9.87. The highest BCUT2D eigenvalue weighted by Crippen LogP contribution is 2.34. The average molecular weight is 666 g/mol. The zero-order valence-electron chi connectivity index (χ0n) is 25.4. The Bertz CT molecular complexity index is 1800. The number of nitrogens with one attached hydrogen (secondary N) is 1. The molecule has 0 bridgehead atoms. The molecule has 2 heterocycles. The van der Waals surface area contributed by atoms with Crippen LogP contribution in [0.15, 0.2) is 83.2 Å². The Morgan fingerprint density at radius 3 is 2.48 bits per heavy atom. The van der Waals surface area contributed by atoms with Crippen molar-refractivity contribution in [2.24, 2.45) is 10.1 Å². The van der Waals surface area contributed by atoms with Gasteiger partial charge in [0, 0.05) is 5.56 Å². The molecular weight excluding hydrogens is 636 g/mol. The molecule has 0 unspecified atom stereocenters. The van der Waals surface area contributed by atoms with E-state index in [4.69, 9.17) is 12.2 Å². The second-order valence-corrected chi connectivity index (χ2v) is 11.9. The number of alkyl halides is 3. The number of halogens is 3. The van der Waals surface area contributed by atoms with Crippen LogP contribution in [0.25, 0.3) is 17.1 Å². The van der Waals surface area contributed by atoms with Crippen molar-refractivity contribution in [1.29, 1.82) is 0 Å². The van der Waals surface area contributed by atoms with E-state index in [0.29, 0.717) is 23.1 Å². The summed E-state index contributed by atoms with van der Waals surface area (Å²) in [5, 5.41) is 9.59. The summed E-state index contributed by atoms with van der Waals surface area (Å²) in [6, 6.07) is 18.9. The smallest absolute Gasteiger partial charge is 0.406 e. The molecule has 0 atom stereocenters. The van der Waals surface area contributed by atoms with Crippen LogP contribution in [0.1, 0.15) is 49.8 Å². The zero-order chi connectivity index (χ0) is 33.0. The Morgan fingerprint density at radius 2 is 1.83 bits per heavy atom. The number of hydrogen-bond donors (Lipinski definition) is 1. The SMILES string of the molecule is CC/C(=N\NC(=S)/N=C1\SCC(=O)N1c1cc(C)ccc1C(C)C)c1ccc(-c2ncn(-c3ccc(OC(F)(F)F)cc3)n2)cc1. The third kappa shape index (κ3) is 7.80. The van der Waals surface area contributed by atoms with Crippen molar-refractivity contribution in [3.63, 3.8) is 0 Å². The monoisotopic (exact) mass is 665 g/mol. The van der Waals surface area contributed by atoms with Crippen LogP contribution in [0.2, 0.25) is 0 Å². The Morgan fingerprint density at radius 1 is 1.11 bits per heavy atom. The van der Waals surface area contributed by atoms with Gasteiger partial charge in [-0.3, -0.25) is 15.1 Å². The van der Waals surface area contributed by atoms with Crippen LogP contribution in [0.5, 0.6) is 5.75 Å². The highest BCUT2D eigenvalue weighted by atomic mass is 32.2. The number of aliphatic imine (C=N–C) groups is 1. The first kappa shape index (κ1) is 32.8. The maximum Gasteiger partial charge on any atom is 0.573 e. The molecule has 1 N–H and O–H groups in total. The van der Waals surface area contributed by atoms with Gasteiger partial charge in [0.1, 0.15) is 12.1 Å². The number of hydrogen-bond acceptors (Lipinski definition) is 7. The van der Waals surface area contributed by atoms with Gasteiger partial charge in [-0.25, -0.2) is 9.67 Å². The van der Waals surface area contributed by atoms with Gasteiger partial charge in [-0.1, -0.05) is 68.9 Å². The van der Waals surface area contributed by atoms with Gasteiger partial charge in [0.2, 0.25) is 11.0 Å². The van der Waals surface area contributed by atoms with Gasteiger partial charge in [-0.15, -0.1) is 18.3 Å². The third-order valence-electron chi connectivity index (χ3n) is 6.94. The summed E-state index contributed by atoms with van der Waals surface area (Å²) in [5.74, 6) is 0.566. The molecular formula is C32H30F3N7O2S2. The van der Waals surface area contributed by atoms with E-state index in [1.165, 1.54) is 47.0 Å². The second kappa shape index (κ2) is 13.8. The van der Waals surface area contributed by atoms with E-state index in [9.17, 15) is 18.0 Å². The average Bonchev–Trinajstić information content (AvgIpc) is 3.64. The van der Waals surface area contributed by atoms with Crippen LogP contribution >= 0.6 is 24.0 Å². The molecule has 3 aromatic carbocycles. The number of amides is 1. The molecule has 1 aromatic heterocycles. The van der Waals surface area contributed by atoms with E-state index in [2.05, 4.69) is 44.2 Å². The molecule has 1 aliphatic rings. The molecule has 0 saturated carbocycles. The summed E-state index contributed by atoms with van der Waals surface area (Å²) in [6.45, 7) is 8.13. The fourth-order valence-electron chi connectivity index (χ4n) is 4.72. The van der Waals surface area contributed by atoms with Crippen molar-refractivity contribution in [2.75, 3.05) is 10.7 Å². The van der Waals surface area contributed by atoms with Gasteiger partial charge in [0.15, 0.2) is 11.0 Å². The zero-order valence-corrected chi connectivity index (χ0v) is 27.0. The highest BCUT2D eigenvalue weighted by molar-refractivity contribution is 8.15. The molecule has 0 aliphatic carbocycles. The Hall–Kier alpha value is -4.56. The van der Waals surface area contributed by atoms with Crippen LogP contribution < -0.4 is 15.1 Å². The number of thioether (sulfide) groups is 1. The number of thiocarbonyl (C=S) groups is 1. The van der Waals surface area contributed by atoms with Gasteiger partial charge in [-0.2, -0.15) is 10.1 Å². The summed E-state index contributed by atoms with van der Waals surface area (Å²) < 4.78 is 42.7. The van der Waals surface area contributed by atoms with Crippen LogP contribution in [-0.4, -0.2) is 48.8 Å². The number of carbonyl (C=O) groups is 1. The molecule has 238 valence electrons. The molecule has 0 spiro atoms. The maximum atomic E-state index is 12.9. The van der Waals surface area contributed by atoms with Crippen molar-refractivity contribution in [3.05, 3.63) is 89.7 Å². The fourth-order valence-corrected chi connectivity index (χ4v) is 5.78. The van der Waals surface area contributed by atoms with Gasteiger partial charge in [0.05, 0.1) is 22.8 Å². The van der Waals surface area contributed by atoms with E-state index in [1.54, 1.807) is 4.90 Å². The lowest BCUT2D eigenvalue weighted by Gasteiger charge is -2.22. The predicted octanol–water partition coefficient (Wildman–Crippen LogP) is 7.39. The fraction of sp³-hybridized carbons (Fsp3) is 0.250.